The number of likely N-dealkylation sites (N-methyl/N-ethyl adjacent to an activating group) is 1. The number of para-hydroxylation sites is 1. The first-order chi connectivity index (χ1) is 16.9. The summed E-state index contributed by atoms with van der Waals surface area (Å²) in [6, 6.07) is 24.0. The Morgan fingerprint density at radius 1 is 1.00 bits per heavy atom. The minimum Gasteiger partial charge on any atom is -0.455 e. The van der Waals surface area contributed by atoms with Gasteiger partial charge in [-0.2, -0.15) is 18.0 Å². The van der Waals surface area contributed by atoms with Gasteiger partial charge < -0.3 is 10.1 Å². The summed E-state index contributed by atoms with van der Waals surface area (Å²) >= 11 is 0. The van der Waals surface area contributed by atoms with Gasteiger partial charge in [-0.3, -0.25) is 4.79 Å². The molecule has 0 aliphatic rings. The molecule has 2 N–H and O–H groups in total. The molecule has 3 aromatic rings. The Morgan fingerprint density at radius 2 is 1.71 bits per heavy atom. The summed E-state index contributed by atoms with van der Waals surface area (Å²) in [4.78, 5) is 12.6. The molecule has 8 nitrogen and oxygen atoms in total. The van der Waals surface area contributed by atoms with Crippen molar-refractivity contribution < 1.29 is 17.9 Å². The lowest BCUT2D eigenvalue weighted by molar-refractivity contribution is 0.0951. The number of hydrogen-bond acceptors (Lipinski definition) is 5. The van der Waals surface area contributed by atoms with Gasteiger partial charge >= 0.3 is 0 Å². The van der Waals surface area contributed by atoms with Gasteiger partial charge in [0.2, 0.25) is 0 Å². The fourth-order valence-corrected chi connectivity index (χ4v) is 4.71. The molecule has 0 aliphatic heterocycles. The summed E-state index contributed by atoms with van der Waals surface area (Å²) in [5.41, 5.74) is 2.36. The van der Waals surface area contributed by atoms with Crippen LogP contribution in [0.1, 0.15) is 29.8 Å². The number of nitrogens with one attached hydrogen (secondary N) is 2. The fraction of sp³-hybridized carbons (Fsp3) is 0.231. The van der Waals surface area contributed by atoms with Gasteiger partial charge in [-0.25, -0.2) is 4.72 Å². The SMILES string of the molecule is CCNS(=O)(=O)N(CC)CCNC(=O)c1ccc(Oc2ccccc2-c2ccccc2)c(C#N)c1. The first-order valence-corrected chi connectivity index (χ1v) is 12.7. The van der Waals surface area contributed by atoms with Crippen molar-refractivity contribution in [1.82, 2.24) is 14.3 Å². The van der Waals surface area contributed by atoms with Crippen molar-refractivity contribution in [3.63, 3.8) is 0 Å². The van der Waals surface area contributed by atoms with E-state index < -0.39 is 16.1 Å². The van der Waals surface area contributed by atoms with Gasteiger partial charge in [0.1, 0.15) is 17.6 Å². The highest BCUT2D eigenvalue weighted by Gasteiger charge is 2.19. The topological polar surface area (TPSA) is 112 Å². The standard InChI is InChI=1S/C26H28N4O4S/c1-3-29-35(32,33)30(4-2)17-16-28-26(31)21-14-15-24(22(18-21)19-27)34-25-13-9-8-12-23(25)20-10-6-5-7-11-20/h5-15,18,29H,3-4,16-17H2,1-2H3,(H,28,31). The van der Waals surface area contributed by atoms with E-state index in [1.165, 1.54) is 10.4 Å². The van der Waals surface area contributed by atoms with Crippen molar-refractivity contribution in [2.45, 2.75) is 13.8 Å². The Hall–Kier alpha value is -3.71. The number of rotatable bonds is 11. The van der Waals surface area contributed by atoms with Gasteiger partial charge in [0.15, 0.2) is 0 Å². The number of carbonyl (C=O) groups is 1. The molecule has 0 radical (unpaired) electrons. The van der Waals surface area contributed by atoms with Gasteiger partial charge in [0.25, 0.3) is 16.1 Å². The van der Waals surface area contributed by atoms with Crippen molar-refractivity contribution in [2.24, 2.45) is 0 Å². The monoisotopic (exact) mass is 492 g/mol. The van der Waals surface area contributed by atoms with E-state index in [4.69, 9.17) is 4.74 Å². The molecule has 9 heteroatoms. The summed E-state index contributed by atoms with van der Waals surface area (Å²) in [6.07, 6.45) is 0. The lowest BCUT2D eigenvalue weighted by Gasteiger charge is -2.20. The Balaban J connectivity index is 1.72. The third kappa shape index (κ3) is 6.67. The van der Waals surface area contributed by atoms with Crippen molar-refractivity contribution in [1.29, 1.82) is 5.26 Å². The highest BCUT2D eigenvalue weighted by atomic mass is 32.2. The second-order valence-corrected chi connectivity index (χ2v) is 9.29. The average Bonchev–Trinajstić information content (AvgIpc) is 2.87. The van der Waals surface area contributed by atoms with Crippen LogP contribution in [-0.4, -0.2) is 44.8 Å². The van der Waals surface area contributed by atoms with E-state index in [0.29, 0.717) is 11.5 Å². The second kappa shape index (κ2) is 12.1. The zero-order chi connectivity index (χ0) is 25.3. The van der Waals surface area contributed by atoms with E-state index in [9.17, 15) is 18.5 Å². The van der Waals surface area contributed by atoms with Gasteiger partial charge in [-0.05, 0) is 29.8 Å². The minimum absolute atomic E-state index is 0.125. The highest BCUT2D eigenvalue weighted by Crippen LogP contribution is 2.34. The van der Waals surface area contributed by atoms with E-state index in [0.717, 1.165) is 11.1 Å². The summed E-state index contributed by atoms with van der Waals surface area (Å²) in [5, 5.41) is 12.4. The molecule has 35 heavy (non-hydrogen) atoms. The minimum atomic E-state index is -3.58. The quantitative estimate of drug-likeness (QED) is 0.421. The van der Waals surface area contributed by atoms with Crippen LogP contribution in [0.4, 0.5) is 0 Å². The van der Waals surface area contributed by atoms with E-state index in [1.807, 2.05) is 54.6 Å². The molecule has 0 atom stereocenters. The average molecular weight is 493 g/mol. The third-order valence-electron chi connectivity index (χ3n) is 5.22. The normalized spacial score (nSPS) is 11.1. The van der Waals surface area contributed by atoms with Crippen molar-refractivity contribution >= 4 is 16.1 Å². The number of carbonyl (C=O) groups excluding carboxylic acids is 1. The Morgan fingerprint density at radius 3 is 2.40 bits per heavy atom. The van der Waals surface area contributed by atoms with Crippen LogP contribution in [0.2, 0.25) is 0 Å². The Bertz CT molecular complexity index is 1300. The molecule has 1 amide bonds. The van der Waals surface area contributed by atoms with Crippen LogP contribution in [0.5, 0.6) is 11.5 Å². The van der Waals surface area contributed by atoms with Crippen LogP contribution < -0.4 is 14.8 Å². The number of nitriles is 1. The maximum atomic E-state index is 12.6. The van der Waals surface area contributed by atoms with Crippen LogP contribution in [0.3, 0.4) is 0 Å². The maximum absolute atomic E-state index is 12.6. The molecule has 0 fully saturated rings. The predicted molar refractivity (Wildman–Crippen MR) is 135 cm³/mol. The van der Waals surface area contributed by atoms with Crippen LogP contribution >= 0.6 is 0 Å². The van der Waals surface area contributed by atoms with E-state index in [2.05, 4.69) is 16.1 Å². The van der Waals surface area contributed by atoms with Crippen molar-refractivity contribution in [3.05, 3.63) is 83.9 Å². The molecule has 0 bridgehead atoms. The molecule has 3 aromatic carbocycles. The first kappa shape index (κ1) is 25.9. The molecule has 0 heterocycles. The van der Waals surface area contributed by atoms with Crippen LogP contribution in [0.25, 0.3) is 11.1 Å². The maximum Gasteiger partial charge on any atom is 0.279 e. The lowest BCUT2D eigenvalue weighted by Crippen LogP contribution is -2.44. The van der Waals surface area contributed by atoms with E-state index in [-0.39, 0.29) is 37.3 Å². The zero-order valence-corrected chi connectivity index (χ0v) is 20.5. The summed E-state index contributed by atoms with van der Waals surface area (Å²) in [7, 11) is -3.58. The van der Waals surface area contributed by atoms with E-state index in [1.54, 1.807) is 26.0 Å². The second-order valence-electron chi connectivity index (χ2n) is 7.54. The lowest BCUT2D eigenvalue weighted by atomic mass is 10.0. The van der Waals surface area contributed by atoms with Gasteiger partial charge in [-0.15, -0.1) is 0 Å². The number of hydrogen-bond donors (Lipinski definition) is 2. The van der Waals surface area contributed by atoms with Crippen molar-refractivity contribution in [2.75, 3.05) is 26.2 Å². The third-order valence-corrected chi connectivity index (χ3v) is 6.99. The molecule has 0 saturated heterocycles. The highest BCUT2D eigenvalue weighted by molar-refractivity contribution is 7.87. The van der Waals surface area contributed by atoms with Gasteiger partial charge in [0, 0.05) is 37.3 Å². The molecule has 0 spiro atoms. The van der Waals surface area contributed by atoms with E-state index >= 15 is 0 Å². The molecule has 0 saturated carbocycles. The number of benzene rings is 3. The van der Waals surface area contributed by atoms with Crippen LogP contribution in [0.15, 0.2) is 72.8 Å². The van der Waals surface area contributed by atoms with Crippen molar-refractivity contribution in [3.8, 4) is 28.7 Å². The molecular weight excluding hydrogens is 464 g/mol. The van der Waals surface area contributed by atoms with Crippen LogP contribution in [-0.2, 0) is 10.2 Å². The first-order valence-electron chi connectivity index (χ1n) is 11.3. The molecule has 3 rings (SSSR count). The molecule has 0 unspecified atom stereocenters. The smallest absolute Gasteiger partial charge is 0.279 e. The van der Waals surface area contributed by atoms with Crippen LogP contribution in [0, 0.1) is 11.3 Å². The number of amides is 1. The fourth-order valence-electron chi connectivity index (χ4n) is 3.50. The molecule has 182 valence electrons. The largest absolute Gasteiger partial charge is 0.455 e. The molecular formula is C26H28N4O4S. The van der Waals surface area contributed by atoms with Gasteiger partial charge in [-0.1, -0.05) is 62.4 Å². The summed E-state index contributed by atoms with van der Waals surface area (Å²) < 4.78 is 34.0. The Labute approximate surface area is 206 Å². The summed E-state index contributed by atoms with van der Waals surface area (Å²) in [5.74, 6) is 0.518. The summed E-state index contributed by atoms with van der Waals surface area (Å²) in [6.45, 7) is 4.24. The zero-order valence-electron chi connectivity index (χ0n) is 19.7. The predicted octanol–water partition coefficient (Wildman–Crippen LogP) is 3.92. The number of ether oxygens (including phenoxy) is 1. The molecule has 0 aliphatic carbocycles. The Kier molecular flexibility index (Phi) is 8.98. The van der Waals surface area contributed by atoms with Gasteiger partial charge in [0.05, 0.1) is 5.56 Å². The molecule has 0 aromatic heterocycles. The number of nitrogens with zero attached hydrogens (tertiary/aromatic N) is 2.